The van der Waals surface area contributed by atoms with Gasteiger partial charge in [0.25, 0.3) is 10.0 Å². The summed E-state index contributed by atoms with van der Waals surface area (Å²) < 4.78 is 90.6. The highest BCUT2D eigenvalue weighted by Crippen LogP contribution is 2.52. The number of aryl methyl sites for hydroxylation is 3. The van der Waals surface area contributed by atoms with Crippen molar-refractivity contribution in [3.8, 4) is 6.07 Å². The number of carboxylic acid groups (broad SMARTS) is 1. The second kappa shape index (κ2) is 13.9. The number of halogens is 3. The average Bonchev–Trinajstić information content (AvgIpc) is 3.66. The number of carboxylic acids is 1. The number of aromatic nitrogens is 3. The van der Waals surface area contributed by atoms with E-state index in [1.54, 1.807) is 32.9 Å². The topological polar surface area (TPSA) is 136 Å². The normalized spacial score (nSPS) is 13.8. The number of imidazole rings is 1. The number of hydrogen-bond donors (Lipinski definition) is 1. The third kappa shape index (κ3) is 7.05. The van der Waals surface area contributed by atoms with Gasteiger partial charge in [-0.25, -0.2) is 22.2 Å². The second-order valence-electron chi connectivity index (χ2n) is 13.7. The van der Waals surface area contributed by atoms with E-state index in [0.29, 0.717) is 11.6 Å². The third-order valence-corrected chi connectivity index (χ3v) is 12.1. The zero-order chi connectivity index (χ0) is 37.5. The molecule has 1 atom stereocenters. The van der Waals surface area contributed by atoms with Gasteiger partial charge in [-0.2, -0.15) is 18.4 Å². The highest BCUT2D eigenvalue weighted by atomic mass is 32.2. The van der Waals surface area contributed by atoms with Crippen LogP contribution in [0.15, 0.2) is 65.7 Å². The van der Waals surface area contributed by atoms with Gasteiger partial charge in [-0.05, 0) is 73.8 Å². The summed E-state index contributed by atoms with van der Waals surface area (Å²) in [6.07, 6.45) is -4.13. The van der Waals surface area contributed by atoms with Crippen LogP contribution in [0.5, 0.6) is 0 Å². The summed E-state index contributed by atoms with van der Waals surface area (Å²) in [7, 11) is -5.91. The molecule has 0 bridgehead atoms. The first kappa shape index (κ1) is 37.8. The maximum atomic E-state index is 16.3. The number of benzene rings is 3. The van der Waals surface area contributed by atoms with Crippen molar-refractivity contribution in [3.05, 3.63) is 94.4 Å². The molecule has 15 heteroatoms. The predicted molar refractivity (Wildman–Crippen MR) is 189 cm³/mol. The second-order valence-corrected chi connectivity index (χ2v) is 21.1. The molecule has 5 aromatic rings. The summed E-state index contributed by atoms with van der Waals surface area (Å²) in [5.41, 5.74) is -2.34. The van der Waals surface area contributed by atoms with Gasteiger partial charge in [-0.15, -0.1) is 0 Å². The molecule has 0 saturated carbocycles. The summed E-state index contributed by atoms with van der Waals surface area (Å²) in [5, 5.41) is 19.3. The molecule has 0 aliphatic carbocycles. The molecular weight excluding hydrogens is 702 g/mol. The Morgan fingerprint density at radius 1 is 1.06 bits per heavy atom. The maximum absolute atomic E-state index is 16.3. The zero-order valence-electron chi connectivity index (χ0n) is 29.1. The lowest BCUT2D eigenvalue weighted by atomic mass is 9.83. The molecule has 0 radical (unpaired) electrons. The fourth-order valence-electron chi connectivity index (χ4n) is 6.19. The molecule has 270 valence electrons. The molecule has 10 nitrogen and oxygen atoms in total. The van der Waals surface area contributed by atoms with Gasteiger partial charge in [-0.3, -0.25) is 0 Å². The first-order chi connectivity index (χ1) is 23.9. The van der Waals surface area contributed by atoms with Crippen molar-refractivity contribution in [1.29, 1.82) is 5.26 Å². The fraction of sp³-hybridized carbons (Fsp3) is 0.361. The minimum atomic E-state index is -5.36. The van der Waals surface area contributed by atoms with E-state index in [-0.39, 0.29) is 51.0 Å². The molecule has 51 heavy (non-hydrogen) atoms. The van der Waals surface area contributed by atoms with Crippen LogP contribution in [-0.4, -0.2) is 60.5 Å². The summed E-state index contributed by atoms with van der Waals surface area (Å²) in [5.74, 6) is -2.38. The van der Waals surface area contributed by atoms with E-state index in [4.69, 9.17) is 9.47 Å². The van der Waals surface area contributed by atoms with Crippen LogP contribution in [0, 0.1) is 25.2 Å². The van der Waals surface area contributed by atoms with E-state index >= 15 is 13.2 Å². The Balaban J connectivity index is 1.90. The third-order valence-electron chi connectivity index (χ3n) is 8.74. The number of ether oxygens (including phenoxy) is 2. The molecular formula is C36H39F3N4O6SSi. The van der Waals surface area contributed by atoms with Crippen LogP contribution in [0.3, 0.4) is 0 Å². The van der Waals surface area contributed by atoms with Gasteiger partial charge in [0.15, 0.2) is 5.82 Å². The quantitative estimate of drug-likeness (QED) is 0.0969. The van der Waals surface area contributed by atoms with Crippen LogP contribution in [0.1, 0.15) is 40.6 Å². The molecule has 2 aromatic heterocycles. The monoisotopic (exact) mass is 740 g/mol. The Morgan fingerprint density at radius 2 is 1.75 bits per heavy atom. The maximum Gasteiger partial charge on any atom is 0.429 e. The van der Waals surface area contributed by atoms with E-state index < -0.39 is 60.6 Å². The minimum Gasteiger partial charge on any atom is -0.480 e. The van der Waals surface area contributed by atoms with E-state index in [9.17, 15) is 23.6 Å². The number of aliphatic carboxylic acids is 1. The van der Waals surface area contributed by atoms with Gasteiger partial charge in [-0.1, -0.05) is 50.3 Å². The molecule has 0 spiro atoms. The van der Waals surface area contributed by atoms with E-state index in [2.05, 4.69) is 24.6 Å². The zero-order valence-corrected chi connectivity index (χ0v) is 30.9. The van der Waals surface area contributed by atoms with E-state index in [0.717, 1.165) is 9.54 Å². The van der Waals surface area contributed by atoms with Gasteiger partial charge >= 0.3 is 12.1 Å². The molecule has 5 rings (SSSR count). The number of hydrogen-bond acceptors (Lipinski definition) is 7. The highest BCUT2D eigenvalue weighted by molar-refractivity contribution is 7.90. The van der Waals surface area contributed by atoms with Crippen molar-refractivity contribution in [1.82, 2.24) is 13.5 Å². The number of carbonyl (C=O) groups is 1. The van der Waals surface area contributed by atoms with Crippen LogP contribution < -0.4 is 0 Å². The fourth-order valence-corrected chi connectivity index (χ4v) is 8.36. The average molecular weight is 741 g/mol. The van der Waals surface area contributed by atoms with Crippen LogP contribution in [0.2, 0.25) is 25.7 Å². The first-order valence-electron chi connectivity index (χ1n) is 16.2. The number of alkyl halides is 3. The molecule has 0 fully saturated rings. The predicted octanol–water partition coefficient (Wildman–Crippen LogP) is 7.50. The summed E-state index contributed by atoms with van der Waals surface area (Å²) >= 11 is 0. The summed E-state index contributed by atoms with van der Waals surface area (Å²) in [4.78, 5) is 16.4. The molecule has 0 saturated heterocycles. The lowest BCUT2D eigenvalue weighted by Crippen LogP contribution is -2.49. The molecule has 0 aliphatic heterocycles. The first-order valence-corrected chi connectivity index (χ1v) is 21.4. The van der Waals surface area contributed by atoms with Crippen molar-refractivity contribution >= 4 is 46.0 Å². The van der Waals surface area contributed by atoms with Crippen LogP contribution >= 0.6 is 0 Å². The molecule has 0 aliphatic rings. The van der Waals surface area contributed by atoms with Crippen LogP contribution in [0.4, 0.5) is 13.2 Å². The van der Waals surface area contributed by atoms with Gasteiger partial charge in [0, 0.05) is 31.8 Å². The Bertz CT molecular complexity index is 2270. The Morgan fingerprint density at radius 3 is 2.33 bits per heavy atom. The molecule has 0 amide bonds. The van der Waals surface area contributed by atoms with Crippen molar-refractivity contribution in [2.75, 3.05) is 13.2 Å². The Labute approximate surface area is 295 Å². The number of rotatable bonds is 13. The lowest BCUT2D eigenvalue weighted by Gasteiger charge is -2.37. The Kier molecular flexibility index (Phi) is 10.3. The van der Waals surface area contributed by atoms with Crippen molar-refractivity contribution in [2.45, 2.75) is 76.3 Å². The largest absolute Gasteiger partial charge is 0.480 e. The van der Waals surface area contributed by atoms with Gasteiger partial charge in [0.1, 0.15) is 13.3 Å². The SMILES string of the molecule is CCc1cc(C)c2c(ccn2S(=O)(=O)c2ccc(C)cc2)c1C(OCC(=O)O)(c1nc2ccc(C#N)cc2n1COCC[Si](C)(C)C)C(F)(F)F. The minimum absolute atomic E-state index is 0.0314. The van der Waals surface area contributed by atoms with Gasteiger partial charge in [0.05, 0.1) is 33.1 Å². The smallest absolute Gasteiger partial charge is 0.429 e. The van der Waals surface area contributed by atoms with Crippen molar-refractivity contribution in [2.24, 2.45) is 0 Å². The van der Waals surface area contributed by atoms with Gasteiger partial charge in [0.2, 0.25) is 5.60 Å². The van der Waals surface area contributed by atoms with Gasteiger partial charge < -0.3 is 19.1 Å². The van der Waals surface area contributed by atoms with Crippen LogP contribution in [0.25, 0.3) is 21.9 Å². The molecule has 1 unspecified atom stereocenters. The van der Waals surface area contributed by atoms with Crippen molar-refractivity contribution < 1.29 is 41.0 Å². The number of nitriles is 1. The Hall–Kier alpha value is -4.49. The van der Waals surface area contributed by atoms with Crippen molar-refractivity contribution in [3.63, 3.8) is 0 Å². The molecule has 1 N–H and O–H groups in total. The lowest BCUT2D eigenvalue weighted by molar-refractivity contribution is -0.270. The highest BCUT2D eigenvalue weighted by Gasteiger charge is 2.63. The summed E-state index contributed by atoms with van der Waals surface area (Å²) in [6.45, 7) is 9.86. The molecule has 3 aromatic carbocycles. The number of nitrogens with zero attached hydrogens (tertiary/aromatic N) is 4. The summed E-state index contributed by atoms with van der Waals surface area (Å²) in [6, 6.07) is 15.7. The van der Waals surface area contributed by atoms with Crippen LogP contribution in [-0.2, 0) is 43.0 Å². The van der Waals surface area contributed by atoms with E-state index in [1.807, 2.05) is 6.07 Å². The standard InChI is InChI=1S/C36H39F3N4O6SSi/c1-7-26-18-24(3)33-28(14-15-43(33)50(46,47)27-11-8-23(2)9-12-27)32(26)35(36(37,38)39,49-21-31(44)45)34-41-29-13-10-25(20-40)19-30(29)42(34)22-48-16-17-51(4,5)6/h8-15,18-19H,7,16-17,21-22H2,1-6H3,(H,44,45). The van der Waals surface area contributed by atoms with E-state index in [1.165, 1.54) is 53.2 Å². The molecule has 2 heterocycles. The number of fused-ring (bicyclic) bond motifs is 2.